The zero-order chi connectivity index (χ0) is 22.2. The van der Waals surface area contributed by atoms with Gasteiger partial charge in [-0.25, -0.2) is 0 Å². The predicted molar refractivity (Wildman–Crippen MR) is 121 cm³/mol. The third-order valence-electron chi connectivity index (χ3n) is 5.81. The van der Waals surface area contributed by atoms with Crippen molar-refractivity contribution in [3.63, 3.8) is 0 Å². The first kappa shape index (κ1) is 22.6. The summed E-state index contributed by atoms with van der Waals surface area (Å²) in [6.07, 6.45) is 2.38. The monoisotopic (exact) mass is 425 g/mol. The number of nitrogens with one attached hydrogen (secondary N) is 3. The average Bonchev–Trinajstić information content (AvgIpc) is 3.32. The van der Waals surface area contributed by atoms with Gasteiger partial charge in [-0.1, -0.05) is 24.3 Å². The molecular weight excluding hydrogens is 392 g/mol. The standard InChI is InChI=1S/C24H32N4O3/c1-27(2)20-11-9-19(10-12-20)22(28-13-4-5-14-28)17-26-24(30)23(29)25-16-18-7-6-8-21(15-18)31-3/h6-12,15,22H,4-5,13-14,16-17H2,1-3H3,(H,25,29)(H,26,30)/p+1/t22-/m1/s1. The molecule has 1 atom stereocenters. The number of ether oxygens (including phenoxy) is 1. The van der Waals surface area contributed by atoms with Gasteiger partial charge < -0.3 is 25.2 Å². The van der Waals surface area contributed by atoms with Crippen LogP contribution in [0.15, 0.2) is 48.5 Å². The topological polar surface area (TPSA) is 75.1 Å². The Morgan fingerprint density at radius 2 is 1.71 bits per heavy atom. The molecule has 166 valence electrons. The third-order valence-corrected chi connectivity index (χ3v) is 5.81. The molecule has 2 aromatic carbocycles. The molecule has 1 heterocycles. The van der Waals surface area contributed by atoms with Crippen LogP contribution in [-0.4, -0.2) is 52.7 Å². The Balaban J connectivity index is 1.58. The van der Waals surface area contributed by atoms with E-state index in [0.717, 1.165) is 24.3 Å². The van der Waals surface area contributed by atoms with Gasteiger partial charge in [0.15, 0.2) is 0 Å². The third kappa shape index (κ3) is 6.21. The molecule has 3 N–H and O–H groups in total. The Bertz CT molecular complexity index is 877. The molecule has 0 radical (unpaired) electrons. The van der Waals surface area contributed by atoms with Crippen LogP contribution in [0.1, 0.15) is 30.0 Å². The molecule has 2 aromatic rings. The largest absolute Gasteiger partial charge is 0.497 e. The van der Waals surface area contributed by atoms with E-state index in [1.165, 1.54) is 23.3 Å². The van der Waals surface area contributed by atoms with Gasteiger partial charge in [-0.2, -0.15) is 0 Å². The minimum absolute atomic E-state index is 0.133. The normalized spacial score (nSPS) is 14.7. The zero-order valence-electron chi connectivity index (χ0n) is 18.6. The maximum absolute atomic E-state index is 12.4. The Morgan fingerprint density at radius 3 is 2.35 bits per heavy atom. The van der Waals surface area contributed by atoms with Crippen molar-refractivity contribution in [1.29, 1.82) is 0 Å². The predicted octanol–water partition coefficient (Wildman–Crippen LogP) is 0.914. The summed E-state index contributed by atoms with van der Waals surface area (Å²) in [4.78, 5) is 28.2. The van der Waals surface area contributed by atoms with Crippen LogP contribution < -0.4 is 25.2 Å². The van der Waals surface area contributed by atoms with Crippen LogP contribution in [0.25, 0.3) is 0 Å². The van der Waals surface area contributed by atoms with E-state index in [-0.39, 0.29) is 12.6 Å². The number of nitrogens with zero attached hydrogens (tertiary/aromatic N) is 1. The smallest absolute Gasteiger partial charge is 0.309 e. The number of carbonyl (C=O) groups is 2. The number of likely N-dealkylation sites (tertiary alicyclic amines) is 1. The van der Waals surface area contributed by atoms with Crippen molar-refractivity contribution in [1.82, 2.24) is 10.6 Å². The van der Waals surface area contributed by atoms with Gasteiger partial charge in [0, 0.05) is 44.7 Å². The highest BCUT2D eigenvalue weighted by Gasteiger charge is 2.28. The molecule has 3 rings (SSSR count). The molecule has 7 heteroatoms. The van der Waals surface area contributed by atoms with Crippen LogP contribution in [0.4, 0.5) is 5.69 Å². The Labute approximate surface area is 184 Å². The second kappa shape index (κ2) is 10.8. The van der Waals surface area contributed by atoms with Gasteiger partial charge in [0.1, 0.15) is 11.8 Å². The number of carbonyl (C=O) groups excluding carboxylic acids is 2. The van der Waals surface area contributed by atoms with Crippen molar-refractivity contribution in [3.8, 4) is 5.75 Å². The summed E-state index contributed by atoms with van der Waals surface area (Å²) < 4.78 is 5.19. The minimum atomic E-state index is -0.624. The first-order chi connectivity index (χ1) is 15.0. The number of amides is 2. The van der Waals surface area contributed by atoms with E-state index in [9.17, 15) is 9.59 Å². The highest BCUT2D eigenvalue weighted by molar-refractivity contribution is 6.35. The summed E-state index contributed by atoms with van der Waals surface area (Å²) in [7, 11) is 5.63. The summed E-state index contributed by atoms with van der Waals surface area (Å²) in [5, 5.41) is 5.53. The Kier molecular flexibility index (Phi) is 7.89. The molecule has 31 heavy (non-hydrogen) atoms. The van der Waals surface area contributed by atoms with Crippen LogP contribution in [0.5, 0.6) is 5.75 Å². The maximum atomic E-state index is 12.4. The Morgan fingerprint density at radius 1 is 1.03 bits per heavy atom. The van der Waals surface area contributed by atoms with E-state index in [1.807, 2.05) is 38.4 Å². The number of benzene rings is 2. The fourth-order valence-corrected chi connectivity index (χ4v) is 4.00. The van der Waals surface area contributed by atoms with Gasteiger partial charge in [-0.05, 0) is 29.8 Å². The van der Waals surface area contributed by atoms with Crippen molar-refractivity contribution >= 4 is 17.5 Å². The molecule has 0 saturated carbocycles. The van der Waals surface area contributed by atoms with Crippen molar-refractivity contribution in [2.75, 3.05) is 45.7 Å². The first-order valence-corrected chi connectivity index (χ1v) is 10.8. The van der Waals surface area contributed by atoms with Gasteiger partial charge in [-0.3, -0.25) is 9.59 Å². The zero-order valence-corrected chi connectivity index (χ0v) is 18.6. The van der Waals surface area contributed by atoms with Crippen molar-refractivity contribution in [3.05, 3.63) is 59.7 Å². The van der Waals surface area contributed by atoms with Crippen LogP contribution in [0.3, 0.4) is 0 Å². The van der Waals surface area contributed by atoms with Crippen LogP contribution >= 0.6 is 0 Å². The fourth-order valence-electron chi connectivity index (χ4n) is 4.00. The number of methoxy groups -OCH3 is 1. The molecule has 2 amide bonds. The summed E-state index contributed by atoms with van der Waals surface area (Å²) in [6, 6.07) is 16.0. The first-order valence-electron chi connectivity index (χ1n) is 10.8. The van der Waals surface area contributed by atoms with E-state index in [1.54, 1.807) is 7.11 Å². The van der Waals surface area contributed by atoms with Crippen molar-refractivity contribution < 1.29 is 19.2 Å². The summed E-state index contributed by atoms with van der Waals surface area (Å²) >= 11 is 0. The lowest BCUT2D eigenvalue weighted by molar-refractivity contribution is -0.918. The SMILES string of the molecule is COc1cccc(CNC(=O)C(=O)NC[C@H](c2ccc(N(C)C)cc2)[NH+]2CCCC2)c1. The molecule has 1 aliphatic rings. The van der Waals surface area contributed by atoms with Gasteiger partial charge in [0.2, 0.25) is 0 Å². The van der Waals surface area contributed by atoms with Gasteiger partial charge in [0.25, 0.3) is 0 Å². The molecule has 1 saturated heterocycles. The van der Waals surface area contributed by atoms with E-state index < -0.39 is 11.8 Å². The second-order valence-electron chi connectivity index (χ2n) is 8.15. The van der Waals surface area contributed by atoms with Crippen LogP contribution in [0, 0.1) is 0 Å². The second-order valence-corrected chi connectivity index (χ2v) is 8.15. The number of anilines is 1. The lowest BCUT2D eigenvalue weighted by atomic mass is 10.0. The Hall–Kier alpha value is -3.06. The molecule has 0 aromatic heterocycles. The maximum Gasteiger partial charge on any atom is 0.309 e. The van der Waals surface area contributed by atoms with E-state index in [4.69, 9.17) is 4.74 Å². The minimum Gasteiger partial charge on any atom is -0.497 e. The fraction of sp³-hybridized carbons (Fsp3) is 0.417. The lowest BCUT2D eigenvalue weighted by Crippen LogP contribution is -3.11. The van der Waals surface area contributed by atoms with Gasteiger partial charge in [-0.15, -0.1) is 0 Å². The molecule has 1 aliphatic heterocycles. The molecule has 0 aliphatic carbocycles. The van der Waals surface area contributed by atoms with E-state index >= 15 is 0 Å². The molecule has 7 nitrogen and oxygen atoms in total. The molecule has 0 unspecified atom stereocenters. The van der Waals surface area contributed by atoms with Gasteiger partial charge in [0.05, 0.1) is 26.7 Å². The molecule has 1 fully saturated rings. The summed E-state index contributed by atoms with van der Waals surface area (Å²) in [6.45, 7) is 2.87. The number of hydrogen-bond donors (Lipinski definition) is 3. The molecule has 0 bridgehead atoms. The summed E-state index contributed by atoms with van der Waals surface area (Å²) in [5.74, 6) is -0.509. The number of quaternary nitrogens is 1. The van der Waals surface area contributed by atoms with Crippen LogP contribution in [0.2, 0.25) is 0 Å². The summed E-state index contributed by atoms with van der Waals surface area (Å²) in [5.41, 5.74) is 3.19. The molecular formula is C24H33N4O3+. The highest BCUT2D eigenvalue weighted by Crippen LogP contribution is 2.17. The van der Waals surface area contributed by atoms with Crippen molar-refractivity contribution in [2.45, 2.75) is 25.4 Å². The lowest BCUT2D eigenvalue weighted by Gasteiger charge is -2.25. The number of hydrogen-bond acceptors (Lipinski definition) is 4. The van der Waals surface area contributed by atoms with Crippen molar-refractivity contribution in [2.24, 2.45) is 0 Å². The van der Waals surface area contributed by atoms with E-state index in [0.29, 0.717) is 12.3 Å². The highest BCUT2D eigenvalue weighted by atomic mass is 16.5. The molecule has 0 spiro atoms. The van der Waals surface area contributed by atoms with Gasteiger partial charge >= 0.3 is 11.8 Å². The average molecular weight is 426 g/mol. The van der Waals surface area contributed by atoms with Crippen LogP contribution in [-0.2, 0) is 16.1 Å². The quantitative estimate of drug-likeness (QED) is 0.550. The number of rotatable bonds is 8. The van der Waals surface area contributed by atoms with E-state index in [2.05, 4.69) is 39.8 Å².